The lowest BCUT2D eigenvalue weighted by molar-refractivity contribution is 0.103. The normalized spacial score (nSPS) is 11.0. The highest BCUT2D eigenvalue weighted by Gasteiger charge is 2.24. The maximum absolute atomic E-state index is 12.9. The molecule has 0 atom stereocenters. The predicted octanol–water partition coefficient (Wildman–Crippen LogP) is 5.24. The molecule has 0 fully saturated rings. The Hall–Kier alpha value is -1.52. The highest BCUT2D eigenvalue weighted by atomic mass is 32.7. The molecule has 6 heteroatoms. The topological polar surface area (TPSA) is 52.6 Å². The third-order valence-electron chi connectivity index (χ3n) is 3.89. The minimum absolute atomic E-state index is 0.0737. The largest absolute Gasteiger partial charge is 0.329 e. The first-order chi connectivity index (χ1) is 11.9. The SMILES string of the molecule is COP(OC)SC(=O)c1c(C)cc(C)c(C(=O)c2ccccc2)c1C. The van der Waals surface area contributed by atoms with Crippen molar-refractivity contribution in [2.24, 2.45) is 0 Å². The summed E-state index contributed by atoms with van der Waals surface area (Å²) in [6, 6.07) is 11.0. The Morgan fingerprint density at radius 2 is 1.48 bits per heavy atom. The van der Waals surface area contributed by atoms with E-state index in [2.05, 4.69) is 0 Å². The lowest BCUT2D eigenvalue weighted by Crippen LogP contribution is -2.11. The zero-order chi connectivity index (χ0) is 18.6. The summed E-state index contributed by atoms with van der Waals surface area (Å²) in [5.41, 5.74) is 4.16. The Balaban J connectivity index is 2.50. The van der Waals surface area contributed by atoms with Crippen LogP contribution in [0.3, 0.4) is 0 Å². The summed E-state index contributed by atoms with van der Waals surface area (Å²) in [6.45, 7) is 5.60. The second-order valence-electron chi connectivity index (χ2n) is 5.55. The van der Waals surface area contributed by atoms with E-state index in [1.807, 2.05) is 45.0 Å². The van der Waals surface area contributed by atoms with E-state index in [4.69, 9.17) is 9.05 Å². The average Bonchev–Trinajstić information content (AvgIpc) is 2.59. The molecule has 0 saturated heterocycles. The summed E-state index contributed by atoms with van der Waals surface area (Å²) in [4.78, 5) is 25.7. The highest BCUT2D eigenvalue weighted by molar-refractivity contribution is 8.60. The van der Waals surface area contributed by atoms with Gasteiger partial charge in [-0.05, 0) is 37.5 Å². The van der Waals surface area contributed by atoms with Gasteiger partial charge in [-0.2, -0.15) is 0 Å². The van der Waals surface area contributed by atoms with E-state index in [9.17, 15) is 9.59 Å². The number of carbonyl (C=O) groups excluding carboxylic acids is 2. The minimum atomic E-state index is -1.34. The molecule has 0 aliphatic carbocycles. The first kappa shape index (κ1) is 19.8. The predicted molar refractivity (Wildman–Crippen MR) is 103 cm³/mol. The highest BCUT2D eigenvalue weighted by Crippen LogP contribution is 2.52. The molecule has 0 spiro atoms. The summed E-state index contributed by atoms with van der Waals surface area (Å²) in [7, 11) is 1.68. The van der Waals surface area contributed by atoms with E-state index in [-0.39, 0.29) is 10.9 Å². The van der Waals surface area contributed by atoms with Crippen LogP contribution in [0, 0.1) is 20.8 Å². The molecule has 0 amide bonds. The Bertz CT molecular complexity index is 786. The van der Waals surface area contributed by atoms with Crippen LogP contribution in [0.5, 0.6) is 0 Å². The van der Waals surface area contributed by atoms with Crippen molar-refractivity contribution in [2.45, 2.75) is 20.8 Å². The molecular weight excluding hydrogens is 355 g/mol. The molecule has 0 aromatic heterocycles. The fourth-order valence-corrected chi connectivity index (χ4v) is 4.81. The lowest BCUT2D eigenvalue weighted by Gasteiger charge is -2.17. The standard InChI is InChI=1S/C19H21O4PS/c1-12-11-13(2)17(19(21)25-24(22-4)23-5)14(3)16(12)18(20)15-9-7-6-8-10-15/h6-11H,1-5H3. The molecule has 0 aliphatic rings. The van der Waals surface area contributed by atoms with Gasteiger partial charge in [0.05, 0.1) is 0 Å². The van der Waals surface area contributed by atoms with Crippen LogP contribution in [0.4, 0.5) is 0 Å². The Morgan fingerprint density at radius 3 is 2.04 bits per heavy atom. The van der Waals surface area contributed by atoms with Crippen LogP contribution in [0.2, 0.25) is 0 Å². The number of rotatable bonds is 6. The maximum Gasteiger partial charge on any atom is 0.245 e. The Kier molecular flexibility index (Phi) is 6.91. The first-order valence-corrected chi connectivity index (χ1v) is 10.3. The molecule has 0 N–H and O–H groups in total. The van der Waals surface area contributed by atoms with E-state index in [1.165, 1.54) is 14.2 Å². The van der Waals surface area contributed by atoms with Crippen molar-refractivity contribution >= 4 is 29.9 Å². The molecule has 2 aromatic carbocycles. The average molecular weight is 376 g/mol. The van der Waals surface area contributed by atoms with Crippen LogP contribution in [-0.4, -0.2) is 25.1 Å². The van der Waals surface area contributed by atoms with Crippen LogP contribution in [0.1, 0.15) is 43.0 Å². The van der Waals surface area contributed by atoms with Gasteiger partial charge in [-0.1, -0.05) is 36.4 Å². The van der Waals surface area contributed by atoms with Gasteiger partial charge in [0.1, 0.15) is 0 Å². The monoisotopic (exact) mass is 376 g/mol. The van der Waals surface area contributed by atoms with Crippen LogP contribution in [0.25, 0.3) is 0 Å². The quantitative estimate of drug-likeness (QED) is 0.510. The zero-order valence-electron chi connectivity index (χ0n) is 15.0. The first-order valence-electron chi connectivity index (χ1n) is 7.71. The number of benzene rings is 2. The number of hydrogen-bond acceptors (Lipinski definition) is 5. The molecule has 4 nitrogen and oxygen atoms in total. The molecule has 132 valence electrons. The minimum Gasteiger partial charge on any atom is -0.329 e. The molecule has 25 heavy (non-hydrogen) atoms. The molecule has 0 bridgehead atoms. The molecule has 0 aliphatic heterocycles. The lowest BCUT2D eigenvalue weighted by atomic mass is 9.89. The number of ketones is 1. The Labute approximate surface area is 153 Å². The smallest absolute Gasteiger partial charge is 0.245 e. The van der Waals surface area contributed by atoms with Crippen LogP contribution in [-0.2, 0) is 9.05 Å². The van der Waals surface area contributed by atoms with Gasteiger partial charge >= 0.3 is 0 Å². The van der Waals surface area contributed by atoms with Crippen molar-refractivity contribution in [1.29, 1.82) is 0 Å². The Morgan fingerprint density at radius 1 is 0.920 bits per heavy atom. The number of aryl methyl sites for hydroxylation is 2. The van der Waals surface area contributed by atoms with E-state index >= 15 is 0 Å². The molecular formula is C19H21O4PS. The van der Waals surface area contributed by atoms with Gasteiger partial charge in [0.15, 0.2) is 5.78 Å². The van der Waals surface area contributed by atoms with Crippen LogP contribution < -0.4 is 0 Å². The van der Waals surface area contributed by atoms with Crippen molar-refractivity contribution in [1.82, 2.24) is 0 Å². The van der Waals surface area contributed by atoms with Gasteiger partial charge in [0.2, 0.25) is 12.7 Å². The fourth-order valence-electron chi connectivity index (χ4n) is 2.85. The second-order valence-corrected chi connectivity index (χ2v) is 8.72. The summed E-state index contributed by atoms with van der Waals surface area (Å²) in [5.74, 6) is -0.0737. The summed E-state index contributed by atoms with van der Waals surface area (Å²) >= 11 is 1.02. The van der Waals surface area contributed by atoms with Crippen molar-refractivity contribution in [2.75, 3.05) is 14.2 Å². The van der Waals surface area contributed by atoms with Gasteiger partial charge in [-0.25, -0.2) is 0 Å². The van der Waals surface area contributed by atoms with Crippen molar-refractivity contribution in [3.8, 4) is 0 Å². The van der Waals surface area contributed by atoms with E-state index in [0.717, 1.165) is 22.5 Å². The van der Waals surface area contributed by atoms with Crippen LogP contribution >= 0.6 is 19.0 Å². The molecule has 2 aromatic rings. The number of hydrogen-bond donors (Lipinski definition) is 0. The van der Waals surface area contributed by atoms with Crippen LogP contribution in [0.15, 0.2) is 36.4 Å². The van der Waals surface area contributed by atoms with E-state index in [1.54, 1.807) is 12.1 Å². The maximum atomic E-state index is 12.9. The van der Waals surface area contributed by atoms with Crippen molar-refractivity contribution < 1.29 is 18.6 Å². The van der Waals surface area contributed by atoms with Gasteiger partial charge < -0.3 is 9.05 Å². The van der Waals surface area contributed by atoms with Gasteiger partial charge in [-0.15, -0.1) is 0 Å². The zero-order valence-corrected chi connectivity index (χ0v) is 16.7. The molecule has 0 unspecified atom stereocenters. The van der Waals surface area contributed by atoms with Gasteiger partial charge in [0.25, 0.3) is 0 Å². The van der Waals surface area contributed by atoms with Crippen molar-refractivity contribution in [3.63, 3.8) is 0 Å². The summed E-state index contributed by atoms with van der Waals surface area (Å²) < 4.78 is 10.3. The third-order valence-corrected chi connectivity index (χ3v) is 6.85. The van der Waals surface area contributed by atoms with E-state index in [0.29, 0.717) is 22.3 Å². The van der Waals surface area contributed by atoms with Crippen molar-refractivity contribution in [3.05, 3.63) is 69.8 Å². The second kappa shape index (κ2) is 8.72. The fraction of sp³-hybridized carbons (Fsp3) is 0.263. The third kappa shape index (κ3) is 4.36. The summed E-state index contributed by atoms with van der Waals surface area (Å²) in [5, 5.41) is -0.146. The number of carbonyl (C=O) groups is 2. The van der Waals surface area contributed by atoms with Gasteiger partial charge in [0, 0.05) is 42.3 Å². The van der Waals surface area contributed by atoms with Gasteiger partial charge in [-0.3, -0.25) is 9.59 Å². The summed E-state index contributed by atoms with van der Waals surface area (Å²) in [6.07, 6.45) is 0. The molecule has 0 heterocycles. The molecule has 0 saturated carbocycles. The molecule has 0 radical (unpaired) electrons. The van der Waals surface area contributed by atoms with E-state index < -0.39 is 7.58 Å². The molecule has 2 rings (SSSR count).